The number of nitrogens with one attached hydrogen (secondary N) is 1. The monoisotopic (exact) mass is 449 g/mol. The van der Waals surface area contributed by atoms with E-state index in [0.717, 1.165) is 23.3 Å². The van der Waals surface area contributed by atoms with E-state index >= 15 is 0 Å². The number of hydrogen-bond acceptors (Lipinski definition) is 5. The summed E-state index contributed by atoms with van der Waals surface area (Å²) in [5.41, 5.74) is 3.36. The molecule has 0 saturated heterocycles. The molecule has 7 nitrogen and oxygen atoms in total. The minimum Gasteiger partial charge on any atom is -0.507 e. The van der Waals surface area contributed by atoms with Crippen LogP contribution >= 0.6 is 0 Å². The molecule has 2 aromatic carbocycles. The van der Waals surface area contributed by atoms with Gasteiger partial charge < -0.3 is 19.5 Å². The van der Waals surface area contributed by atoms with Gasteiger partial charge in [-0.25, -0.2) is 0 Å². The molecular weight excluding hydrogens is 418 g/mol. The molecule has 1 atom stereocenters. The van der Waals surface area contributed by atoms with Gasteiger partial charge in [-0.1, -0.05) is 38.1 Å². The van der Waals surface area contributed by atoms with Crippen molar-refractivity contribution in [1.29, 1.82) is 0 Å². The number of rotatable bonds is 10. The van der Waals surface area contributed by atoms with Gasteiger partial charge in [-0.3, -0.25) is 9.89 Å². The van der Waals surface area contributed by atoms with Crippen LogP contribution in [-0.4, -0.2) is 53.0 Å². The molecule has 1 unspecified atom stereocenters. The Balaban J connectivity index is 1.74. The molecule has 0 radical (unpaired) electrons. The average Bonchev–Trinajstić information content (AvgIpc) is 3.33. The summed E-state index contributed by atoms with van der Waals surface area (Å²) >= 11 is 0. The van der Waals surface area contributed by atoms with Crippen molar-refractivity contribution in [3.63, 3.8) is 0 Å². The summed E-state index contributed by atoms with van der Waals surface area (Å²) in [6.07, 6.45) is 1.69. The largest absolute Gasteiger partial charge is 0.507 e. The predicted molar refractivity (Wildman–Crippen MR) is 126 cm³/mol. The summed E-state index contributed by atoms with van der Waals surface area (Å²) in [5, 5.41) is 17.8. The summed E-state index contributed by atoms with van der Waals surface area (Å²) < 4.78 is 11.2. The number of hydrogen-bond donors (Lipinski definition) is 2. The minimum atomic E-state index is -0.341. The molecule has 0 bridgehead atoms. The number of para-hydroxylation sites is 1. The predicted octanol–water partition coefficient (Wildman–Crippen LogP) is 4.79. The Labute approximate surface area is 194 Å². The van der Waals surface area contributed by atoms with Crippen molar-refractivity contribution in [2.75, 3.05) is 26.9 Å². The number of aromatic amines is 1. The molecule has 174 valence electrons. The summed E-state index contributed by atoms with van der Waals surface area (Å²) in [7, 11) is 1.66. The van der Waals surface area contributed by atoms with Crippen molar-refractivity contribution >= 4 is 5.91 Å². The van der Waals surface area contributed by atoms with Gasteiger partial charge in [0, 0.05) is 31.4 Å². The first-order valence-electron chi connectivity index (χ1n) is 11.4. The van der Waals surface area contributed by atoms with E-state index in [9.17, 15) is 9.90 Å². The smallest absolute Gasteiger partial charge is 0.273 e. The highest BCUT2D eigenvalue weighted by Crippen LogP contribution is 2.44. The Hall–Kier alpha value is -3.32. The number of aromatic nitrogens is 2. The van der Waals surface area contributed by atoms with Crippen molar-refractivity contribution in [3.8, 4) is 22.8 Å². The molecule has 4 rings (SSSR count). The zero-order valence-electron chi connectivity index (χ0n) is 19.4. The first kappa shape index (κ1) is 22.9. The number of carbonyl (C=O) groups excluding carboxylic acids is 1. The van der Waals surface area contributed by atoms with E-state index in [0.29, 0.717) is 49.0 Å². The van der Waals surface area contributed by atoms with Crippen LogP contribution in [0.4, 0.5) is 0 Å². The maximum Gasteiger partial charge on any atom is 0.273 e. The summed E-state index contributed by atoms with van der Waals surface area (Å²) in [5.74, 6) is 1.36. The van der Waals surface area contributed by atoms with Crippen LogP contribution in [0.3, 0.4) is 0 Å². The third-order valence-electron chi connectivity index (χ3n) is 5.91. The van der Waals surface area contributed by atoms with Crippen LogP contribution in [-0.2, 0) is 4.74 Å². The van der Waals surface area contributed by atoms with Gasteiger partial charge in [0.05, 0.1) is 12.6 Å². The van der Waals surface area contributed by atoms with Crippen LogP contribution in [0.2, 0.25) is 0 Å². The van der Waals surface area contributed by atoms with Gasteiger partial charge in [0.1, 0.15) is 22.9 Å². The van der Waals surface area contributed by atoms with E-state index in [2.05, 4.69) is 24.0 Å². The average molecular weight is 450 g/mol. The molecule has 7 heteroatoms. The Morgan fingerprint density at radius 1 is 1.15 bits per heavy atom. The van der Waals surface area contributed by atoms with E-state index in [1.807, 2.05) is 41.3 Å². The van der Waals surface area contributed by atoms with Crippen LogP contribution in [0.1, 0.15) is 54.3 Å². The SMILES string of the molecule is COCCCN1C(=O)c2[nH]nc(-c3ccccc3O)c2C1c1cccc(OCCC(C)C)c1. The fraction of sp³-hybridized carbons (Fsp3) is 0.385. The molecule has 1 aliphatic heterocycles. The number of ether oxygens (including phenoxy) is 2. The molecule has 1 amide bonds. The number of benzene rings is 2. The molecule has 0 fully saturated rings. The van der Waals surface area contributed by atoms with Gasteiger partial charge in [0.25, 0.3) is 5.91 Å². The third-order valence-corrected chi connectivity index (χ3v) is 5.91. The van der Waals surface area contributed by atoms with Crippen molar-refractivity contribution in [3.05, 3.63) is 65.4 Å². The number of phenolic OH excluding ortho intramolecular Hbond substituents is 1. The molecule has 3 aromatic rings. The number of amides is 1. The Morgan fingerprint density at radius 2 is 1.97 bits per heavy atom. The fourth-order valence-corrected chi connectivity index (χ4v) is 4.22. The van der Waals surface area contributed by atoms with Gasteiger partial charge in [-0.15, -0.1) is 0 Å². The molecule has 2 heterocycles. The number of methoxy groups -OCH3 is 1. The summed E-state index contributed by atoms with van der Waals surface area (Å²) in [6.45, 7) is 6.08. The number of H-pyrrole nitrogens is 1. The molecule has 0 spiro atoms. The lowest BCUT2D eigenvalue weighted by Gasteiger charge is -2.26. The first-order valence-corrected chi connectivity index (χ1v) is 11.4. The van der Waals surface area contributed by atoms with E-state index in [1.165, 1.54) is 0 Å². The molecule has 33 heavy (non-hydrogen) atoms. The topological polar surface area (TPSA) is 87.7 Å². The van der Waals surface area contributed by atoms with E-state index in [-0.39, 0.29) is 17.7 Å². The lowest BCUT2D eigenvalue weighted by molar-refractivity contribution is 0.0723. The van der Waals surface area contributed by atoms with Gasteiger partial charge >= 0.3 is 0 Å². The second-order valence-electron chi connectivity index (χ2n) is 8.73. The number of fused-ring (bicyclic) bond motifs is 1. The minimum absolute atomic E-state index is 0.105. The van der Waals surface area contributed by atoms with Crippen LogP contribution < -0.4 is 4.74 Å². The molecular formula is C26H31N3O4. The second-order valence-corrected chi connectivity index (χ2v) is 8.73. The van der Waals surface area contributed by atoms with Gasteiger partial charge in [-0.05, 0) is 48.6 Å². The number of carbonyl (C=O) groups is 1. The number of nitrogens with zero attached hydrogens (tertiary/aromatic N) is 2. The normalized spacial score (nSPS) is 15.3. The lowest BCUT2D eigenvalue weighted by atomic mass is 9.95. The molecule has 0 saturated carbocycles. The van der Waals surface area contributed by atoms with Crippen LogP contribution in [0.25, 0.3) is 11.3 Å². The van der Waals surface area contributed by atoms with Gasteiger partial charge in [0.2, 0.25) is 0 Å². The van der Waals surface area contributed by atoms with E-state index < -0.39 is 0 Å². The van der Waals surface area contributed by atoms with Crippen LogP contribution in [0.5, 0.6) is 11.5 Å². The quantitative estimate of drug-likeness (QED) is 0.435. The molecule has 2 N–H and O–H groups in total. The van der Waals surface area contributed by atoms with E-state index in [4.69, 9.17) is 9.47 Å². The fourth-order valence-electron chi connectivity index (χ4n) is 4.22. The van der Waals surface area contributed by atoms with Gasteiger partial charge in [-0.2, -0.15) is 5.10 Å². The number of phenols is 1. The van der Waals surface area contributed by atoms with Crippen LogP contribution in [0.15, 0.2) is 48.5 Å². The summed E-state index contributed by atoms with van der Waals surface area (Å²) in [6, 6.07) is 14.6. The highest BCUT2D eigenvalue weighted by atomic mass is 16.5. The van der Waals surface area contributed by atoms with Crippen molar-refractivity contribution in [2.45, 2.75) is 32.7 Å². The number of aromatic hydroxyl groups is 1. The van der Waals surface area contributed by atoms with Gasteiger partial charge in [0.15, 0.2) is 0 Å². The summed E-state index contributed by atoms with van der Waals surface area (Å²) in [4.78, 5) is 15.2. The molecule has 1 aliphatic rings. The van der Waals surface area contributed by atoms with Crippen LogP contribution in [0, 0.1) is 5.92 Å². The van der Waals surface area contributed by atoms with Crippen molar-refractivity contribution in [2.24, 2.45) is 5.92 Å². The Kier molecular flexibility index (Phi) is 6.99. The lowest BCUT2D eigenvalue weighted by Crippen LogP contribution is -2.31. The maximum absolute atomic E-state index is 13.4. The maximum atomic E-state index is 13.4. The molecule has 0 aliphatic carbocycles. The first-order chi connectivity index (χ1) is 16.0. The van der Waals surface area contributed by atoms with Crippen molar-refractivity contribution < 1.29 is 19.4 Å². The highest BCUT2D eigenvalue weighted by Gasteiger charge is 2.42. The third kappa shape index (κ3) is 4.73. The molecule has 1 aromatic heterocycles. The zero-order valence-corrected chi connectivity index (χ0v) is 19.4. The van der Waals surface area contributed by atoms with E-state index in [1.54, 1.807) is 19.2 Å². The second kappa shape index (κ2) is 10.1. The zero-order chi connectivity index (χ0) is 23.4. The Morgan fingerprint density at radius 3 is 2.73 bits per heavy atom. The highest BCUT2D eigenvalue weighted by molar-refractivity contribution is 6.00. The van der Waals surface area contributed by atoms with Crippen molar-refractivity contribution in [1.82, 2.24) is 15.1 Å². The standard InChI is InChI=1S/C26H31N3O4/c1-17(2)12-15-33-19-9-6-8-18(16-19)25-22-23(20-10-4-5-11-21(20)30)27-28-24(22)26(31)29(25)13-7-14-32-3/h4-6,8-11,16-17,25,30H,7,12-15H2,1-3H3,(H,27,28). The Bertz CT molecular complexity index is 1110.